The molecule has 0 saturated heterocycles. The number of benzene rings is 2. The van der Waals surface area contributed by atoms with Crippen LogP contribution in [0.3, 0.4) is 0 Å². The fraction of sp³-hybridized carbons (Fsp3) is 0. The second kappa shape index (κ2) is 5.33. The van der Waals surface area contributed by atoms with Gasteiger partial charge in [-0.05, 0) is 10.9 Å². The normalized spacial score (nSPS) is 10.9. The number of fused-ring (bicyclic) bond motifs is 1. The molecule has 0 amide bonds. The molecule has 2 aromatic rings. The number of hydrogen-bond acceptors (Lipinski definition) is 2. The first-order valence-corrected chi connectivity index (χ1v) is 6.10. The van der Waals surface area contributed by atoms with Crippen LogP contribution in [0.4, 0.5) is 0 Å². The van der Waals surface area contributed by atoms with Crippen molar-refractivity contribution in [3.05, 3.63) is 48.5 Å². The van der Waals surface area contributed by atoms with Crippen LogP contribution in [0, 0.1) is 0 Å². The van der Waals surface area contributed by atoms with E-state index in [9.17, 15) is 13.0 Å². The molecule has 1 N–H and O–H groups in total. The van der Waals surface area contributed by atoms with E-state index in [2.05, 4.69) is 6.58 Å². The van der Waals surface area contributed by atoms with Crippen molar-refractivity contribution in [2.45, 2.75) is 4.90 Å². The van der Waals surface area contributed by atoms with Crippen LogP contribution >= 0.6 is 0 Å². The Morgan fingerprint density at radius 1 is 1.12 bits per heavy atom. The van der Waals surface area contributed by atoms with Gasteiger partial charge in [-0.25, -0.2) is 0 Å². The summed E-state index contributed by atoms with van der Waals surface area (Å²) in [6.07, 6.45) is 1.41. The van der Waals surface area contributed by atoms with Crippen molar-refractivity contribution >= 4 is 56.5 Å². The molecule has 17 heavy (non-hydrogen) atoms. The van der Waals surface area contributed by atoms with Crippen LogP contribution in [0.15, 0.2) is 47.9 Å². The molecule has 0 aliphatic heterocycles. The number of hydrogen-bond donors (Lipinski definition) is 1. The van der Waals surface area contributed by atoms with Crippen LogP contribution in [0.2, 0.25) is 0 Å². The van der Waals surface area contributed by atoms with Gasteiger partial charge in [0.2, 0.25) is 0 Å². The summed E-state index contributed by atoms with van der Waals surface area (Å²) in [4.78, 5) is -0.0828. The Balaban J connectivity index is 0.00000144. The molecule has 0 aliphatic carbocycles. The SMILES string of the molecule is C=Cc1ccc2ccccc2c1S(=O)(=O)O.[NaH]. The van der Waals surface area contributed by atoms with Gasteiger partial charge in [-0.3, -0.25) is 4.55 Å². The zero-order chi connectivity index (χ0) is 11.8. The zero-order valence-electron chi connectivity index (χ0n) is 8.42. The molecule has 0 aliphatic rings. The fourth-order valence-electron chi connectivity index (χ4n) is 1.71. The zero-order valence-corrected chi connectivity index (χ0v) is 9.24. The summed E-state index contributed by atoms with van der Waals surface area (Å²) in [5.41, 5.74) is 0.404. The third kappa shape index (κ3) is 2.78. The number of rotatable bonds is 2. The standard InChI is InChI=1S/C12H10O3S.Na.H/c1-2-9-7-8-10-5-3-4-6-11(10)12(9)16(13,14)15;;/h2-8H,1H2,(H,13,14,15);;. The van der Waals surface area contributed by atoms with Crippen molar-refractivity contribution in [3.8, 4) is 0 Å². The molecule has 0 aromatic heterocycles. The molecule has 0 spiro atoms. The molecule has 2 rings (SSSR count). The third-order valence-electron chi connectivity index (χ3n) is 2.39. The molecule has 3 nitrogen and oxygen atoms in total. The molecule has 0 heterocycles. The van der Waals surface area contributed by atoms with Crippen LogP contribution in [0.25, 0.3) is 16.8 Å². The van der Waals surface area contributed by atoms with Crippen LogP contribution in [-0.2, 0) is 10.1 Å². The van der Waals surface area contributed by atoms with Gasteiger partial charge in [0, 0.05) is 5.39 Å². The first kappa shape index (κ1) is 14.4. The Bertz CT molecular complexity index is 663. The Morgan fingerprint density at radius 3 is 2.35 bits per heavy atom. The molecular formula is C12H11NaO3S. The molecular weight excluding hydrogens is 247 g/mol. The van der Waals surface area contributed by atoms with Crippen LogP contribution < -0.4 is 0 Å². The molecule has 0 fully saturated rings. The predicted molar refractivity (Wildman–Crippen MR) is 71.0 cm³/mol. The summed E-state index contributed by atoms with van der Waals surface area (Å²) in [6, 6.07) is 10.4. The van der Waals surface area contributed by atoms with Gasteiger partial charge in [0.25, 0.3) is 10.1 Å². The van der Waals surface area contributed by atoms with E-state index < -0.39 is 10.1 Å². The molecule has 84 valence electrons. The summed E-state index contributed by atoms with van der Waals surface area (Å²) >= 11 is 0. The van der Waals surface area contributed by atoms with Gasteiger partial charge >= 0.3 is 29.6 Å². The van der Waals surface area contributed by atoms with E-state index in [0.29, 0.717) is 10.9 Å². The Kier molecular flexibility index (Phi) is 4.52. The molecule has 0 saturated carbocycles. The van der Waals surface area contributed by atoms with Crippen LogP contribution in [0.1, 0.15) is 5.56 Å². The maximum atomic E-state index is 11.3. The first-order chi connectivity index (χ1) is 7.54. The molecule has 0 radical (unpaired) electrons. The van der Waals surface area contributed by atoms with Crippen LogP contribution in [-0.4, -0.2) is 42.5 Å². The van der Waals surface area contributed by atoms with Crippen LogP contribution in [0.5, 0.6) is 0 Å². The summed E-state index contributed by atoms with van der Waals surface area (Å²) < 4.78 is 31.9. The summed E-state index contributed by atoms with van der Waals surface area (Å²) in [5.74, 6) is 0. The van der Waals surface area contributed by atoms with Gasteiger partial charge in [0.05, 0.1) is 0 Å². The molecule has 0 unspecified atom stereocenters. The molecule has 2 aromatic carbocycles. The minimum absolute atomic E-state index is 0. The van der Waals surface area contributed by atoms with E-state index in [4.69, 9.17) is 0 Å². The molecule has 0 atom stereocenters. The first-order valence-electron chi connectivity index (χ1n) is 4.65. The van der Waals surface area contributed by atoms with Gasteiger partial charge in [-0.15, -0.1) is 0 Å². The van der Waals surface area contributed by atoms with E-state index in [1.165, 1.54) is 6.08 Å². The van der Waals surface area contributed by atoms with Crippen molar-refractivity contribution < 1.29 is 13.0 Å². The van der Waals surface area contributed by atoms with Gasteiger partial charge in [-0.1, -0.05) is 49.1 Å². The van der Waals surface area contributed by atoms with E-state index in [0.717, 1.165) is 5.39 Å². The Morgan fingerprint density at radius 2 is 1.76 bits per heavy atom. The topological polar surface area (TPSA) is 54.4 Å². The second-order valence-electron chi connectivity index (χ2n) is 3.38. The van der Waals surface area contributed by atoms with Crippen molar-refractivity contribution in [2.24, 2.45) is 0 Å². The minimum atomic E-state index is -4.24. The average molecular weight is 258 g/mol. The fourth-order valence-corrected chi connectivity index (χ4v) is 2.62. The van der Waals surface area contributed by atoms with E-state index in [1.54, 1.807) is 30.3 Å². The van der Waals surface area contributed by atoms with Crippen molar-refractivity contribution in [1.29, 1.82) is 0 Å². The van der Waals surface area contributed by atoms with Crippen molar-refractivity contribution in [1.82, 2.24) is 0 Å². The Labute approximate surface area is 122 Å². The maximum absolute atomic E-state index is 11.3. The molecule has 0 bridgehead atoms. The van der Waals surface area contributed by atoms with Crippen molar-refractivity contribution in [3.63, 3.8) is 0 Å². The quantitative estimate of drug-likeness (QED) is 0.662. The Hall–Kier alpha value is -0.650. The average Bonchev–Trinajstić information content (AvgIpc) is 2.26. The summed E-state index contributed by atoms with van der Waals surface area (Å²) in [6.45, 7) is 3.54. The summed E-state index contributed by atoms with van der Waals surface area (Å²) in [5, 5.41) is 1.27. The third-order valence-corrected chi connectivity index (χ3v) is 3.36. The summed E-state index contributed by atoms with van der Waals surface area (Å²) in [7, 11) is -4.24. The van der Waals surface area contributed by atoms with E-state index >= 15 is 0 Å². The van der Waals surface area contributed by atoms with E-state index in [-0.39, 0.29) is 34.5 Å². The van der Waals surface area contributed by atoms with E-state index in [1.807, 2.05) is 6.07 Å². The monoisotopic (exact) mass is 258 g/mol. The second-order valence-corrected chi connectivity index (χ2v) is 4.74. The van der Waals surface area contributed by atoms with Gasteiger partial charge in [-0.2, -0.15) is 8.42 Å². The van der Waals surface area contributed by atoms with Gasteiger partial charge in [0.1, 0.15) is 4.90 Å². The van der Waals surface area contributed by atoms with Gasteiger partial charge < -0.3 is 0 Å². The van der Waals surface area contributed by atoms with Gasteiger partial charge in [0.15, 0.2) is 0 Å². The molecule has 5 heteroatoms. The van der Waals surface area contributed by atoms with Crippen molar-refractivity contribution in [2.75, 3.05) is 0 Å². The predicted octanol–water partition coefficient (Wildman–Crippen LogP) is 2.08.